The number of carbonyl (C=O) groups excluding carboxylic acids is 3. The predicted molar refractivity (Wildman–Crippen MR) is 127 cm³/mol. The van der Waals surface area contributed by atoms with E-state index in [0.717, 1.165) is 39.6 Å². The summed E-state index contributed by atoms with van der Waals surface area (Å²) in [4.78, 5) is 42.3. The summed E-state index contributed by atoms with van der Waals surface area (Å²) >= 11 is 1.96. The molecule has 0 aliphatic carbocycles. The molecule has 0 radical (unpaired) electrons. The van der Waals surface area contributed by atoms with Gasteiger partial charge in [0.05, 0.1) is 17.8 Å². The SMILES string of the molecule is COc1ccc(-c2nnc(SCC(=O)NCCN3C(=O)S/C(=C\c4cccnc4)C3=O)o2)cc1. The molecule has 4 rings (SSSR count). The summed E-state index contributed by atoms with van der Waals surface area (Å²) in [6.45, 7) is 0.214. The second kappa shape index (κ2) is 11.0. The molecule has 1 fully saturated rings. The Balaban J connectivity index is 1.22. The van der Waals surface area contributed by atoms with Crippen LogP contribution < -0.4 is 10.1 Å². The lowest BCUT2D eigenvalue weighted by atomic mass is 10.2. The average Bonchev–Trinajstić information content (AvgIpc) is 3.43. The Hall–Kier alpha value is -3.64. The van der Waals surface area contributed by atoms with E-state index in [4.69, 9.17) is 9.15 Å². The molecule has 0 spiro atoms. The van der Waals surface area contributed by atoms with Gasteiger partial charge >= 0.3 is 0 Å². The third-order valence-electron chi connectivity index (χ3n) is 4.58. The van der Waals surface area contributed by atoms with Gasteiger partial charge in [-0.1, -0.05) is 17.8 Å². The number of imide groups is 1. The quantitative estimate of drug-likeness (QED) is 0.348. The number of aromatic nitrogens is 3. The molecule has 1 N–H and O–H groups in total. The van der Waals surface area contributed by atoms with Crippen LogP contribution >= 0.6 is 23.5 Å². The highest BCUT2D eigenvalue weighted by Crippen LogP contribution is 2.31. The minimum Gasteiger partial charge on any atom is -0.497 e. The number of carbonyl (C=O) groups is 3. The molecule has 2 aromatic heterocycles. The highest BCUT2D eigenvalue weighted by atomic mass is 32.2. The van der Waals surface area contributed by atoms with Gasteiger partial charge in [-0.15, -0.1) is 10.2 Å². The van der Waals surface area contributed by atoms with Crippen LogP contribution in [0.2, 0.25) is 0 Å². The molecule has 0 unspecified atom stereocenters. The number of ether oxygens (including phenoxy) is 1. The Bertz CT molecular complexity index is 1210. The van der Waals surface area contributed by atoms with Gasteiger partial charge in [0.25, 0.3) is 16.4 Å². The van der Waals surface area contributed by atoms with Crippen molar-refractivity contribution in [2.75, 3.05) is 26.0 Å². The van der Waals surface area contributed by atoms with E-state index in [9.17, 15) is 14.4 Å². The fraction of sp³-hybridized carbons (Fsp3) is 0.182. The number of pyridine rings is 1. The van der Waals surface area contributed by atoms with Gasteiger partial charge in [-0.2, -0.15) is 0 Å². The van der Waals surface area contributed by atoms with Gasteiger partial charge in [0.15, 0.2) is 0 Å². The third kappa shape index (κ3) is 5.83. The first-order chi connectivity index (χ1) is 16.5. The van der Waals surface area contributed by atoms with Crippen LogP contribution in [0.1, 0.15) is 5.56 Å². The number of thioether (sulfide) groups is 2. The number of hydrogen-bond donors (Lipinski definition) is 1. The van der Waals surface area contributed by atoms with Crippen LogP contribution in [0.5, 0.6) is 5.75 Å². The van der Waals surface area contributed by atoms with Crippen LogP contribution in [-0.4, -0.2) is 63.1 Å². The summed E-state index contributed by atoms with van der Waals surface area (Å²) in [7, 11) is 1.58. The van der Waals surface area contributed by atoms with Crippen LogP contribution in [0.4, 0.5) is 4.79 Å². The van der Waals surface area contributed by atoms with Gasteiger partial charge in [0.2, 0.25) is 11.8 Å². The zero-order valence-electron chi connectivity index (χ0n) is 18.0. The lowest BCUT2D eigenvalue weighted by Crippen LogP contribution is -2.37. The molecule has 34 heavy (non-hydrogen) atoms. The number of nitrogens with zero attached hydrogens (tertiary/aromatic N) is 4. The van der Waals surface area contributed by atoms with Crippen molar-refractivity contribution in [1.82, 2.24) is 25.4 Å². The molecule has 3 amide bonds. The Morgan fingerprint density at radius 2 is 2.06 bits per heavy atom. The minimum absolute atomic E-state index is 0.0487. The first kappa shape index (κ1) is 23.5. The van der Waals surface area contributed by atoms with Crippen molar-refractivity contribution in [1.29, 1.82) is 0 Å². The molecule has 0 bridgehead atoms. The van der Waals surface area contributed by atoms with E-state index in [0.29, 0.717) is 16.5 Å². The van der Waals surface area contributed by atoms with E-state index in [-0.39, 0.29) is 41.1 Å². The summed E-state index contributed by atoms with van der Waals surface area (Å²) in [6.07, 6.45) is 4.86. The third-order valence-corrected chi connectivity index (χ3v) is 6.31. The Morgan fingerprint density at radius 1 is 1.24 bits per heavy atom. The molecular weight excluding hydrogens is 478 g/mol. The number of benzene rings is 1. The second-order valence-electron chi connectivity index (χ2n) is 6.86. The molecule has 1 aliphatic rings. The van der Waals surface area contributed by atoms with Crippen molar-refractivity contribution < 1.29 is 23.5 Å². The van der Waals surface area contributed by atoms with Gasteiger partial charge in [0.1, 0.15) is 5.75 Å². The van der Waals surface area contributed by atoms with E-state index in [2.05, 4.69) is 20.5 Å². The molecule has 1 saturated heterocycles. The van der Waals surface area contributed by atoms with Crippen molar-refractivity contribution in [2.45, 2.75) is 5.22 Å². The van der Waals surface area contributed by atoms with Crippen LogP contribution in [0.15, 0.2) is 63.3 Å². The van der Waals surface area contributed by atoms with Crippen molar-refractivity contribution in [3.63, 3.8) is 0 Å². The molecule has 12 heteroatoms. The number of methoxy groups -OCH3 is 1. The van der Waals surface area contributed by atoms with Crippen LogP contribution in [-0.2, 0) is 9.59 Å². The maximum absolute atomic E-state index is 12.5. The number of nitrogens with one attached hydrogen (secondary N) is 1. The van der Waals surface area contributed by atoms with Crippen molar-refractivity contribution >= 4 is 46.7 Å². The van der Waals surface area contributed by atoms with Crippen LogP contribution in [0.3, 0.4) is 0 Å². The molecule has 0 atom stereocenters. The largest absolute Gasteiger partial charge is 0.497 e. The van der Waals surface area contributed by atoms with Gasteiger partial charge in [-0.05, 0) is 53.7 Å². The molecular formula is C22H19N5O5S2. The van der Waals surface area contributed by atoms with Crippen molar-refractivity contribution in [3.05, 3.63) is 59.3 Å². The number of amides is 3. The summed E-state index contributed by atoms with van der Waals surface area (Å²) in [5, 5.41) is 10.5. The molecule has 3 heterocycles. The molecule has 0 saturated carbocycles. The lowest BCUT2D eigenvalue weighted by molar-refractivity contribution is -0.123. The van der Waals surface area contributed by atoms with Crippen LogP contribution in [0, 0.1) is 0 Å². The van der Waals surface area contributed by atoms with E-state index in [1.807, 2.05) is 0 Å². The fourth-order valence-electron chi connectivity index (χ4n) is 2.91. The summed E-state index contributed by atoms with van der Waals surface area (Å²) in [5.41, 5.74) is 1.47. The molecule has 3 aromatic rings. The Labute approximate surface area is 203 Å². The number of rotatable bonds is 9. The van der Waals surface area contributed by atoms with Gasteiger partial charge in [0, 0.05) is 31.0 Å². The smallest absolute Gasteiger partial charge is 0.293 e. The minimum atomic E-state index is -0.389. The van der Waals surface area contributed by atoms with Crippen molar-refractivity contribution in [2.24, 2.45) is 0 Å². The molecule has 10 nitrogen and oxygen atoms in total. The highest BCUT2D eigenvalue weighted by Gasteiger charge is 2.34. The Kier molecular flexibility index (Phi) is 7.60. The summed E-state index contributed by atoms with van der Waals surface area (Å²) in [6, 6.07) is 10.7. The van der Waals surface area contributed by atoms with Gasteiger partial charge < -0.3 is 14.5 Å². The Morgan fingerprint density at radius 3 is 2.79 bits per heavy atom. The van der Waals surface area contributed by atoms with E-state index in [1.165, 1.54) is 0 Å². The first-order valence-corrected chi connectivity index (χ1v) is 11.9. The van der Waals surface area contributed by atoms with E-state index < -0.39 is 0 Å². The van der Waals surface area contributed by atoms with E-state index in [1.54, 1.807) is 62.0 Å². The zero-order valence-corrected chi connectivity index (χ0v) is 19.6. The molecule has 1 aliphatic heterocycles. The predicted octanol–water partition coefficient (Wildman–Crippen LogP) is 3.09. The lowest BCUT2D eigenvalue weighted by Gasteiger charge is -2.12. The summed E-state index contributed by atoms with van der Waals surface area (Å²) in [5.74, 6) is 0.425. The fourth-order valence-corrected chi connectivity index (χ4v) is 4.37. The highest BCUT2D eigenvalue weighted by molar-refractivity contribution is 8.18. The standard InChI is InChI=1S/C22H19N5O5S2/c1-31-16-6-4-15(5-7-16)19-25-26-21(32-19)33-13-18(28)24-9-10-27-20(29)17(34-22(27)30)11-14-3-2-8-23-12-14/h2-8,11-12H,9-10,13H2,1H3,(H,24,28)/b17-11-. The van der Waals surface area contributed by atoms with Crippen molar-refractivity contribution in [3.8, 4) is 17.2 Å². The molecule has 1 aromatic carbocycles. The first-order valence-electron chi connectivity index (χ1n) is 10.1. The zero-order chi connectivity index (χ0) is 23.9. The molecule has 174 valence electrons. The van der Waals surface area contributed by atoms with Gasteiger partial charge in [-0.25, -0.2) is 0 Å². The number of hydrogen-bond acceptors (Lipinski definition) is 10. The topological polar surface area (TPSA) is 128 Å². The maximum Gasteiger partial charge on any atom is 0.293 e. The monoisotopic (exact) mass is 497 g/mol. The maximum atomic E-state index is 12.5. The normalized spacial score (nSPS) is 14.6. The van der Waals surface area contributed by atoms with Crippen LogP contribution in [0.25, 0.3) is 17.5 Å². The van der Waals surface area contributed by atoms with Gasteiger partial charge in [-0.3, -0.25) is 24.3 Å². The van der Waals surface area contributed by atoms with E-state index >= 15 is 0 Å². The average molecular weight is 498 g/mol. The second-order valence-corrected chi connectivity index (χ2v) is 8.78. The summed E-state index contributed by atoms with van der Waals surface area (Å²) < 4.78 is 10.7.